The van der Waals surface area contributed by atoms with Gasteiger partial charge in [0.2, 0.25) is 0 Å². The van der Waals surface area contributed by atoms with Crippen LogP contribution in [0.5, 0.6) is 0 Å². The summed E-state index contributed by atoms with van der Waals surface area (Å²) >= 11 is 0. The lowest BCUT2D eigenvalue weighted by Crippen LogP contribution is -1.96. The molecule has 0 amide bonds. The first-order chi connectivity index (χ1) is 8.56. The third-order valence-corrected chi connectivity index (χ3v) is 2.54. The summed E-state index contributed by atoms with van der Waals surface area (Å²) < 4.78 is 15.4. The molecule has 2 rings (SSSR count). The van der Waals surface area contributed by atoms with Crippen LogP contribution >= 0.6 is 0 Å². The predicted molar refractivity (Wildman–Crippen MR) is 67.5 cm³/mol. The van der Waals surface area contributed by atoms with E-state index in [2.05, 4.69) is 21.9 Å². The second-order valence-corrected chi connectivity index (χ2v) is 4.40. The third-order valence-electron chi connectivity index (χ3n) is 2.54. The van der Waals surface area contributed by atoms with Gasteiger partial charge in [-0.05, 0) is 11.8 Å². The monoisotopic (exact) mass is 243 g/mol. The molecule has 0 aromatic carbocycles. The third kappa shape index (κ3) is 2.75. The minimum atomic E-state index is -0.254. The average Bonchev–Trinajstić information content (AvgIpc) is 2.72. The second kappa shape index (κ2) is 5.01. The molecule has 2 heterocycles. The molecule has 0 aliphatic rings. The van der Waals surface area contributed by atoms with Crippen LogP contribution in [0.3, 0.4) is 0 Å². The maximum atomic E-state index is 13.7. The van der Waals surface area contributed by atoms with Crippen LogP contribution in [0.25, 0.3) is 0 Å². The van der Waals surface area contributed by atoms with Crippen LogP contribution in [0.4, 0.5) is 4.39 Å². The Labute approximate surface area is 106 Å². The topological polar surface area (TPSA) is 30.7 Å². The normalized spacial score (nSPS) is 10.3. The summed E-state index contributed by atoms with van der Waals surface area (Å²) in [6.07, 6.45) is 5.00. The number of halogens is 1. The van der Waals surface area contributed by atoms with Gasteiger partial charge in [-0.15, -0.1) is 0 Å². The highest BCUT2D eigenvalue weighted by Gasteiger charge is 2.07. The smallest absolute Gasteiger partial charge is 0.131 e. The van der Waals surface area contributed by atoms with E-state index in [1.807, 2.05) is 20.9 Å². The predicted octanol–water partition coefficient (Wildman–Crippen LogP) is 2.48. The fourth-order valence-corrected chi connectivity index (χ4v) is 1.56. The van der Waals surface area contributed by atoms with Gasteiger partial charge in [-0.25, -0.2) is 9.37 Å². The first-order valence-corrected chi connectivity index (χ1v) is 5.72. The molecule has 0 atom stereocenters. The first kappa shape index (κ1) is 12.3. The van der Waals surface area contributed by atoms with E-state index in [4.69, 9.17) is 0 Å². The largest absolute Gasteiger partial charge is 0.275 e. The van der Waals surface area contributed by atoms with Gasteiger partial charge in [-0.2, -0.15) is 5.10 Å². The van der Waals surface area contributed by atoms with E-state index in [0.29, 0.717) is 11.3 Å². The van der Waals surface area contributed by atoms with Crippen LogP contribution in [0.15, 0.2) is 24.7 Å². The molecule has 2 aromatic rings. The molecule has 0 aliphatic heterocycles. The highest BCUT2D eigenvalue weighted by molar-refractivity contribution is 5.38. The molecule has 0 bridgehead atoms. The molecule has 0 fully saturated rings. The van der Waals surface area contributed by atoms with E-state index >= 15 is 0 Å². The maximum Gasteiger partial charge on any atom is 0.131 e. The summed E-state index contributed by atoms with van der Waals surface area (Å²) in [5, 5.41) is 4.00. The Bertz CT molecular complexity index is 617. The van der Waals surface area contributed by atoms with Gasteiger partial charge in [0, 0.05) is 31.1 Å². The molecule has 18 heavy (non-hydrogen) atoms. The zero-order chi connectivity index (χ0) is 13.1. The molecule has 0 spiro atoms. The van der Waals surface area contributed by atoms with Crippen LogP contribution in [0.1, 0.15) is 36.6 Å². The Balaban J connectivity index is 2.26. The van der Waals surface area contributed by atoms with Crippen molar-refractivity contribution in [3.8, 4) is 11.8 Å². The number of hydrogen-bond acceptors (Lipinski definition) is 2. The van der Waals surface area contributed by atoms with Crippen LogP contribution < -0.4 is 0 Å². The van der Waals surface area contributed by atoms with E-state index < -0.39 is 0 Å². The van der Waals surface area contributed by atoms with Crippen LogP contribution in [0.2, 0.25) is 0 Å². The van der Waals surface area contributed by atoms with Crippen molar-refractivity contribution in [2.45, 2.75) is 19.8 Å². The Kier molecular flexibility index (Phi) is 3.42. The Hall–Kier alpha value is -2.15. The van der Waals surface area contributed by atoms with Gasteiger partial charge in [0.1, 0.15) is 11.5 Å². The number of rotatable bonds is 1. The van der Waals surface area contributed by atoms with Gasteiger partial charge in [0.25, 0.3) is 0 Å². The molecular formula is C14H14FN3. The van der Waals surface area contributed by atoms with Crippen molar-refractivity contribution in [2.24, 2.45) is 7.05 Å². The maximum absolute atomic E-state index is 13.7. The molecule has 4 heteroatoms. The van der Waals surface area contributed by atoms with E-state index in [1.165, 1.54) is 6.07 Å². The SMILES string of the molecule is CC(C)c1cnc(C#Cc2cnn(C)c2)cc1F. The van der Waals surface area contributed by atoms with Crippen molar-refractivity contribution in [3.63, 3.8) is 0 Å². The van der Waals surface area contributed by atoms with Gasteiger partial charge in [-0.1, -0.05) is 19.8 Å². The fraction of sp³-hybridized carbons (Fsp3) is 0.286. The minimum absolute atomic E-state index is 0.123. The van der Waals surface area contributed by atoms with E-state index in [0.717, 1.165) is 5.56 Å². The molecular weight excluding hydrogens is 229 g/mol. The van der Waals surface area contributed by atoms with Crippen molar-refractivity contribution >= 4 is 0 Å². The van der Waals surface area contributed by atoms with Crippen LogP contribution in [-0.4, -0.2) is 14.8 Å². The van der Waals surface area contributed by atoms with Gasteiger partial charge >= 0.3 is 0 Å². The second-order valence-electron chi connectivity index (χ2n) is 4.40. The van der Waals surface area contributed by atoms with E-state index in [1.54, 1.807) is 23.3 Å². The summed E-state index contributed by atoms with van der Waals surface area (Å²) in [5.74, 6) is 5.59. The van der Waals surface area contributed by atoms with Gasteiger partial charge in [0.05, 0.1) is 11.8 Å². The zero-order valence-corrected chi connectivity index (χ0v) is 10.6. The van der Waals surface area contributed by atoms with E-state index in [9.17, 15) is 4.39 Å². The lowest BCUT2D eigenvalue weighted by Gasteiger charge is -2.05. The molecule has 0 N–H and O–H groups in total. The molecule has 0 saturated heterocycles. The lowest BCUT2D eigenvalue weighted by atomic mass is 10.0. The molecule has 0 radical (unpaired) electrons. The summed E-state index contributed by atoms with van der Waals surface area (Å²) in [6.45, 7) is 3.86. The fourth-order valence-electron chi connectivity index (χ4n) is 1.56. The van der Waals surface area contributed by atoms with Crippen LogP contribution in [-0.2, 0) is 7.05 Å². The average molecular weight is 243 g/mol. The van der Waals surface area contributed by atoms with E-state index in [-0.39, 0.29) is 11.7 Å². The molecule has 0 aliphatic carbocycles. The van der Waals surface area contributed by atoms with Crippen molar-refractivity contribution < 1.29 is 4.39 Å². The minimum Gasteiger partial charge on any atom is -0.275 e. The first-order valence-electron chi connectivity index (χ1n) is 5.72. The van der Waals surface area contributed by atoms with Gasteiger partial charge in [-0.3, -0.25) is 4.68 Å². The molecule has 0 saturated carbocycles. The highest BCUT2D eigenvalue weighted by atomic mass is 19.1. The zero-order valence-electron chi connectivity index (χ0n) is 10.6. The van der Waals surface area contributed by atoms with Crippen molar-refractivity contribution in [1.29, 1.82) is 0 Å². The molecule has 3 nitrogen and oxygen atoms in total. The molecule has 0 unspecified atom stereocenters. The lowest BCUT2D eigenvalue weighted by molar-refractivity contribution is 0.594. The highest BCUT2D eigenvalue weighted by Crippen LogP contribution is 2.17. The summed E-state index contributed by atoms with van der Waals surface area (Å²) in [6, 6.07) is 1.37. The standard InChI is InChI=1S/C14H14FN3/c1-10(2)13-8-16-12(6-14(13)15)5-4-11-7-17-18(3)9-11/h6-10H,1-3H3. The summed E-state index contributed by atoms with van der Waals surface area (Å²) in [5.41, 5.74) is 1.83. The number of pyridine rings is 1. The molecule has 2 aromatic heterocycles. The number of aryl methyl sites for hydroxylation is 1. The Morgan fingerprint density at radius 1 is 1.28 bits per heavy atom. The Morgan fingerprint density at radius 3 is 2.61 bits per heavy atom. The van der Waals surface area contributed by atoms with Crippen LogP contribution in [0, 0.1) is 17.7 Å². The van der Waals surface area contributed by atoms with Crippen molar-refractivity contribution in [1.82, 2.24) is 14.8 Å². The van der Waals surface area contributed by atoms with Gasteiger partial charge < -0.3 is 0 Å². The van der Waals surface area contributed by atoms with Gasteiger partial charge in [0.15, 0.2) is 0 Å². The number of aromatic nitrogens is 3. The van der Waals surface area contributed by atoms with Crippen molar-refractivity contribution in [3.05, 3.63) is 47.3 Å². The summed E-state index contributed by atoms with van der Waals surface area (Å²) in [4.78, 5) is 4.14. The quantitative estimate of drug-likeness (QED) is 0.720. The molecule has 92 valence electrons. The number of hydrogen-bond donors (Lipinski definition) is 0. The van der Waals surface area contributed by atoms with Crippen molar-refractivity contribution in [2.75, 3.05) is 0 Å². The number of nitrogens with zero attached hydrogens (tertiary/aromatic N) is 3. The summed E-state index contributed by atoms with van der Waals surface area (Å²) in [7, 11) is 1.82. The Morgan fingerprint density at radius 2 is 2.06 bits per heavy atom.